The maximum absolute atomic E-state index is 12.4. The quantitative estimate of drug-likeness (QED) is 0.829. The first-order chi connectivity index (χ1) is 8.69. The molecular weight excluding hydrogens is 311 g/mol. The molecule has 0 radical (unpaired) electrons. The maximum Gasteiger partial charge on any atom is 0.246 e. The Kier molecular flexibility index (Phi) is 3.75. The Morgan fingerprint density at radius 3 is 2.47 bits per heavy atom. The van der Waals surface area contributed by atoms with Crippen molar-refractivity contribution in [2.45, 2.75) is 23.8 Å². The molecule has 8 heteroatoms. The van der Waals surface area contributed by atoms with Gasteiger partial charge in [-0.05, 0) is 18.6 Å². The second-order valence-corrected chi connectivity index (χ2v) is 7.38. The molecule has 0 amide bonds. The molecule has 1 aromatic carbocycles. The summed E-state index contributed by atoms with van der Waals surface area (Å²) in [5.74, 6) is 0. The van der Waals surface area contributed by atoms with Crippen LogP contribution < -0.4 is 5.73 Å². The number of halogens is 2. The first kappa shape index (κ1) is 14.9. The average molecular weight is 325 g/mol. The monoisotopic (exact) mass is 324 g/mol. The predicted octanol–water partition coefficient (Wildman–Crippen LogP) is 1.72. The van der Waals surface area contributed by atoms with E-state index in [9.17, 15) is 13.5 Å². The zero-order chi connectivity index (χ0) is 14.4. The molecule has 3 N–H and O–H groups in total. The van der Waals surface area contributed by atoms with Crippen LogP contribution in [0.25, 0.3) is 0 Å². The van der Waals surface area contributed by atoms with Gasteiger partial charge in [-0.25, -0.2) is 8.42 Å². The molecule has 0 atom stereocenters. The van der Waals surface area contributed by atoms with Gasteiger partial charge in [-0.1, -0.05) is 30.1 Å². The maximum atomic E-state index is 12.4. The molecule has 1 saturated heterocycles. The number of sulfonamides is 1. The van der Waals surface area contributed by atoms with Crippen molar-refractivity contribution in [1.29, 1.82) is 0 Å². The summed E-state index contributed by atoms with van der Waals surface area (Å²) in [5.41, 5.74) is 4.73. The van der Waals surface area contributed by atoms with Gasteiger partial charge in [-0.15, -0.1) is 0 Å². The molecule has 1 fully saturated rings. The molecule has 0 bridgehead atoms. The first-order valence-corrected chi connectivity index (χ1v) is 7.86. The van der Waals surface area contributed by atoms with E-state index in [4.69, 9.17) is 28.9 Å². The largest absolute Gasteiger partial charge is 0.398 e. The topological polar surface area (TPSA) is 83.6 Å². The second kappa shape index (κ2) is 4.79. The van der Waals surface area contributed by atoms with Crippen molar-refractivity contribution in [3.05, 3.63) is 22.2 Å². The number of β-amino-alcohol motifs (C(OH)–C–C–N with tert-alkyl or cyclic N) is 1. The summed E-state index contributed by atoms with van der Waals surface area (Å²) in [6.45, 7) is 1.89. The number of benzene rings is 1. The van der Waals surface area contributed by atoms with Crippen molar-refractivity contribution in [3.63, 3.8) is 0 Å². The van der Waals surface area contributed by atoms with Crippen LogP contribution in [0.1, 0.15) is 13.3 Å². The Hall–Kier alpha value is -0.530. The Balaban J connectivity index is 2.38. The van der Waals surface area contributed by atoms with Crippen molar-refractivity contribution in [2.24, 2.45) is 0 Å². The van der Waals surface area contributed by atoms with Gasteiger partial charge in [0, 0.05) is 18.1 Å². The minimum Gasteiger partial charge on any atom is -0.398 e. The van der Waals surface area contributed by atoms with E-state index < -0.39 is 15.6 Å². The lowest BCUT2D eigenvalue weighted by Crippen LogP contribution is -2.62. The molecule has 0 unspecified atom stereocenters. The highest BCUT2D eigenvalue weighted by Crippen LogP contribution is 2.37. The summed E-state index contributed by atoms with van der Waals surface area (Å²) in [7, 11) is -3.80. The van der Waals surface area contributed by atoms with Crippen molar-refractivity contribution in [1.82, 2.24) is 4.31 Å². The fraction of sp³-hybridized carbons (Fsp3) is 0.455. The van der Waals surface area contributed by atoms with E-state index in [1.165, 1.54) is 12.1 Å². The highest BCUT2D eigenvalue weighted by atomic mass is 35.5. The molecule has 1 aromatic rings. The van der Waals surface area contributed by atoms with E-state index in [0.29, 0.717) is 6.42 Å². The van der Waals surface area contributed by atoms with Crippen LogP contribution in [0.15, 0.2) is 17.0 Å². The fourth-order valence-corrected chi connectivity index (χ4v) is 4.53. The Labute approximate surface area is 122 Å². The Morgan fingerprint density at radius 2 is 2.00 bits per heavy atom. The molecule has 2 rings (SSSR count). The minimum atomic E-state index is -3.80. The number of nitrogen functional groups attached to an aromatic ring is 1. The van der Waals surface area contributed by atoms with Crippen LogP contribution >= 0.6 is 23.2 Å². The van der Waals surface area contributed by atoms with Gasteiger partial charge in [0.05, 0.1) is 16.3 Å². The van der Waals surface area contributed by atoms with E-state index in [1.54, 1.807) is 6.92 Å². The van der Waals surface area contributed by atoms with Gasteiger partial charge in [0.15, 0.2) is 0 Å². The van der Waals surface area contributed by atoms with Crippen LogP contribution in [0.2, 0.25) is 10.0 Å². The zero-order valence-electron chi connectivity index (χ0n) is 10.2. The number of nitrogens with zero attached hydrogens (tertiary/aromatic N) is 1. The Bertz CT molecular complexity index is 589. The summed E-state index contributed by atoms with van der Waals surface area (Å²) >= 11 is 11.7. The normalized spacial score (nSPS) is 19.2. The molecule has 19 heavy (non-hydrogen) atoms. The number of anilines is 1. The molecular formula is C11H14Cl2N2O3S. The van der Waals surface area contributed by atoms with Crippen molar-refractivity contribution >= 4 is 38.9 Å². The van der Waals surface area contributed by atoms with Crippen LogP contribution in [0.3, 0.4) is 0 Å². The highest BCUT2D eigenvalue weighted by molar-refractivity contribution is 7.89. The summed E-state index contributed by atoms with van der Waals surface area (Å²) in [4.78, 5) is -0.156. The van der Waals surface area contributed by atoms with Crippen LogP contribution in [0.4, 0.5) is 5.69 Å². The van der Waals surface area contributed by atoms with Crippen molar-refractivity contribution < 1.29 is 13.5 Å². The van der Waals surface area contributed by atoms with Crippen LogP contribution in [-0.2, 0) is 10.0 Å². The van der Waals surface area contributed by atoms with Gasteiger partial charge >= 0.3 is 0 Å². The lowest BCUT2D eigenvalue weighted by molar-refractivity contribution is -0.0613. The molecule has 1 heterocycles. The zero-order valence-corrected chi connectivity index (χ0v) is 12.6. The number of hydrogen-bond donors (Lipinski definition) is 2. The van der Waals surface area contributed by atoms with Crippen molar-refractivity contribution in [2.75, 3.05) is 18.8 Å². The molecule has 106 valence electrons. The van der Waals surface area contributed by atoms with Gasteiger partial charge in [0.25, 0.3) is 0 Å². The van der Waals surface area contributed by atoms with E-state index >= 15 is 0 Å². The first-order valence-electron chi connectivity index (χ1n) is 5.67. The smallest absolute Gasteiger partial charge is 0.246 e. The number of hydrogen-bond acceptors (Lipinski definition) is 4. The Morgan fingerprint density at radius 1 is 1.42 bits per heavy atom. The third-order valence-corrected chi connectivity index (χ3v) is 5.77. The summed E-state index contributed by atoms with van der Waals surface area (Å²) in [6, 6.07) is 2.67. The van der Waals surface area contributed by atoms with Gasteiger partial charge < -0.3 is 10.8 Å². The summed E-state index contributed by atoms with van der Waals surface area (Å²) < 4.78 is 25.9. The molecule has 0 spiro atoms. The standard InChI is InChI=1S/C11H14Cl2N2O3S/c1-2-11(16)5-15(6-11)19(17,18)10-8(13)3-7(12)4-9(10)14/h3-4,16H,2,5-6,14H2,1H3. The highest BCUT2D eigenvalue weighted by Gasteiger charge is 2.47. The number of rotatable bonds is 3. The third kappa shape index (κ3) is 2.55. The van der Waals surface area contributed by atoms with E-state index in [0.717, 1.165) is 4.31 Å². The molecule has 0 aliphatic carbocycles. The second-order valence-electron chi connectivity index (χ2n) is 4.66. The molecule has 5 nitrogen and oxygen atoms in total. The average Bonchev–Trinajstić information content (AvgIpc) is 2.22. The molecule has 0 saturated carbocycles. The fourth-order valence-electron chi connectivity index (χ4n) is 1.99. The SMILES string of the molecule is CCC1(O)CN(S(=O)(=O)c2c(N)cc(Cl)cc2Cl)C1. The van der Waals surface area contributed by atoms with E-state index in [1.807, 2.05) is 0 Å². The summed E-state index contributed by atoms with van der Waals surface area (Å²) in [6.07, 6.45) is 0.489. The molecule has 1 aliphatic heterocycles. The lowest BCUT2D eigenvalue weighted by Gasteiger charge is -2.45. The lowest BCUT2D eigenvalue weighted by atomic mass is 9.94. The van der Waals surface area contributed by atoms with Crippen LogP contribution in [0, 0.1) is 0 Å². The van der Waals surface area contributed by atoms with E-state index in [2.05, 4.69) is 0 Å². The predicted molar refractivity (Wildman–Crippen MR) is 74.9 cm³/mol. The third-order valence-electron chi connectivity index (χ3n) is 3.23. The number of aliphatic hydroxyl groups is 1. The van der Waals surface area contributed by atoms with Crippen LogP contribution in [-0.4, -0.2) is 36.5 Å². The van der Waals surface area contributed by atoms with Gasteiger partial charge in [-0.2, -0.15) is 4.31 Å². The van der Waals surface area contributed by atoms with Gasteiger partial charge in [-0.3, -0.25) is 0 Å². The number of nitrogens with two attached hydrogens (primary N) is 1. The summed E-state index contributed by atoms with van der Waals surface area (Å²) in [5, 5.41) is 10.1. The van der Waals surface area contributed by atoms with Crippen molar-refractivity contribution in [3.8, 4) is 0 Å². The molecule has 0 aromatic heterocycles. The van der Waals surface area contributed by atoms with Crippen LogP contribution in [0.5, 0.6) is 0 Å². The minimum absolute atomic E-state index is 0.00411. The molecule has 1 aliphatic rings. The van der Waals surface area contributed by atoms with Gasteiger partial charge in [0.1, 0.15) is 4.90 Å². The van der Waals surface area contributed by atoms with E-state index in [-0.39, 0.29) is 33.7 Å². The van der Waals surface area contributed by atoms with Gasteiger partial charge in [0.2, 0.25) is 10.0 Å².